The first-order chi connectivity index (χ1) is 12.4. The van der Waals surface area contributed by atoms with E-state index in [-0.39, 0.29) is 34.4 Å². The van der Waals surface area contributed by atoms with E-state index in [0.29, 0.717) is 22.9 Å². The van der Waals surface area contributed by atoms with Gasteiger partial charge in [0.2, 0.25) is 0 Å². The average molecular weight is 355 g/mol. The van der Waals surface area contributed by atoms with Crippen LogP contribution in [0.15, 0.2) is 24.7 Å². The maximum atomic E-state index is 11.7. The van der Waals surface area contributed by atoms with Gasteiger partial charge in [-0.3, -0.25) is 14.9 Å². The molecule has 3 rings (SSSR count). The minimum Gasteiger partial charge on any atom is -0.490 e. The van der Waals surface area contributed by atoms with Crippen LogP contribution in [-0.2, 0) is 0 Å². The first kappa shape index (κ1) is 17.3. The number of benzene rings is 1. The minimum absolute atomic E-state index is 0.0184. The van der Waals surface area contributed by atoms with Gasteiger partial charge >= 0.3 is 5.69 Å². The largest absolute Gasteiger partial charge is 0.490 e. The van der Waals surface area contributed by atoms with E-state index in [2.05, 4.69) is 9.97 Å². The Kier molecular flexibility index (Phi) is 4.29. The van der Waals surface area contributed by atoms with Crippen molar-refractivity contribution in [2.75, 3.05) is 12.8 Å². The molecule has 2 heterocycles. The van der Waals surface area contributed by atoms with Crippen molar-refractivity contribution in [3.8, 4) is 16.9 Å². The monoisotopic (exact) mass is 355 g/mol. The molecule has 26 heavy (non-hydrogen) atoms. The second kappa shape index (κ2) is 6.43. The number of ether oxygens (including phenoxy) is 1. The molecule has 1 aromatic carbocycles. The Hall–Kier alpha value is -3.49. The molecule has 9 nitrogen and oxygen atoms in total. The standard InChI is InChI=1S/C17H17N5O4/c1-9(2)21-6-11(14-16(18)19-8-20-17(14)21)13-10(7-23)4-5-12(26-3)15(13)22(24)25/h4-9H,1-3H3,(H2,18,19,20). The molecule has 0 spiro atoms. The van der Waals surface area contributed by atoms with Gasteiger partial charge in [0.1, 0.15) is 17.8 Å². The van der Waals surface area contributed by atoms with E-state index >= 15 is 0 Å². The number of hydrogen-bond donors (Lipinski definition) is 1. The van der Waals surface area contributed by atoms with Crippen LogP contribution in [0.4, 0.5) is 11.5 Å². The van der Waals surface area contributed by atoms with Gasteiger partial charge in [-0.15, -0.1) is 0 Å². The lowest BCUT2D eigenvalue weighted by Crippen LogP contribution is -2.00. The van der Waals surface area contributed by atoms with Crippen LogP contribution in [0.2, 0.25) is 0 Å². The fraction of sp³-hybridized carbons (Fsp3) is 0.235. The van der Waals surface area contributed by atoms with E-state index in [9.17, 15) is 14.9 Å². The lowest BCUT2D eigenvalue weighted by atomic mass is 9.98. The van der Waals surface area contributed by atoms with Crippen LogP contribution in [-0.4, -0.2) is 32.9 Å². The molecule has 3 aromatic rings. The summed E-state index contributed by atoms with van der Waals surface area (Å²) in [5.74, 6) is 0.231. The maximum Gasteiger partial charge on any atom is 0.319 e. The average Bonchev–Trinajstić information content (AvgIpc) is 3.01. The number of methoxy groups -OCH3 is 1. The molecule has 0 aliphatic carbocycles. The zero-order valence-corrected chi connectivity index (χ0v) is 14.5. The van der Waals surface area contributed by atoms with Gasteiger partial charge in [-0.25, -0.2) is 9.97 Å². The first-order valence-electron chi connectivity index (χ1n) is 7.82. The number of aromatic nitrogens is 3. The Bertz CT molecular complexity index is 1030. The molecule has 0 amide bonds. The van der Waals surface area contributed by atoms with Crippen molar-refractivity contribution in [3.63, 3.8) is 0 Å². The van der Waals surface area contributed by atoms with Crippen LogP contribution in [0.3, 0.4) is 0 Å². The van der Waals surface area contributed by atoms with Gasteiger partial charge < -0.3 is 15.0 Å². The fourth-order valence-electron chi connectivity index (χ4n) is 3.01. The van der Waals surface area contributed by atoms with Crippen LogP contribution in [0, 0.1) is 10.1 Å². The van der Waals surface area contributed by atoms with E-state index < -0.39 is 4.92 Å². The van der Waals surface area contributed by atoms with E-state index in [4.69, 9.17) is 10.5 Å². The SMILES string of the molecule is COc1ccc(C=O)c(-c2cn(C(C)C)c3ncnc(N)c23)c1[N+](=O)[O-]. The zero-order valence-electron chi connectivity index (χ0n) is 14.5. The third-order valence-electron chi connectivity index (χ3n) is 4.17. The van der Waals surface area contributed by atoms with E-state index in [0.717, 1.165) is 0 Å². The summed E-state index contributed by atoms with van der Waals surface area (Å²) in [5.41, 5.74) is 6.98. The normalized spacial score (nSPS) is 11.1. The summed E-state index contributed by atoms with van der Waals surface area (Å²) >= 11 is 0. The summed E-state index contributed by atoms with van der Waals surface area (Å²) < 4.78 is 6.97. The lowest BCUT2D eigenvalue weighted by molar-refractivity contribution is -0.385. The maximum absolute atomic E-state index is 11.7. The third-order valence-corrected chi connectivity index (χ3v) is 4.17. The summed E-state index contributed by atoms with van der Waals surface area (Å²) in [6.45, 7) is 3.89. The summed E-state index contributed by atoms with van der Waals surface area (Å²) in [5, 5.41) is 12.2. The van der Waals surface area contributed by atoms with Gasteiger partial charge in [0.15, 0.2) is 12.0 Å². The molecule has 134 valence electrons. The zero-order chi connectivity index (χ0) is 19.0. The molecule has 0 fully saturated rings. The number of nitrogens with two attached hydrogens (primary N) is 1. The number of carbonyl (C=O) groups excluding carboxylic acids is 1. The molecule has 0 radical (unpaired) electrons. The minimum atomic E-state index is -0.570. The second-order valence-corrected chi connectivity index (χ2v) is 5.96. The van der Waals surface area contributed by atoms with E-state index in [1.807, 2.05) is 18.4 Å². The molecule has 2 N–H and O–H groups in total. The second-order valence-electron chi connectivity index (χ2n) is 5.96. The molecular weight excluding hydrogens is 338 g/mol. The van der Waals surface area contributed by atoms with Crippen LogP contribution in [0.5, 0.6) is 5.75 Å². The highest BCUT2D eigenvalue weighted by Crippen LogP contribution is 2.44. The number of hydrogen-bond acceptors (Lipinski definition) is 7. The smallest absolute Gasteiger partial charge is 0.319 e. The summed E-state index contributed by atoms with van der Waals surface area (Å²) in [4.78, 5) is 31.0. The molecule has 2 aromatic heterocycles. The van der Waals surface area contributed by atoms with Gasteiger partial charge in [-0.2, -0.15) is 0 Å². The Balaban J connectivity index is 2.52. The molecule has 9 heteroatoms. The molecular formula is C17H17N5O4. The predicted molar refractivity (Wildman–Crippen MR) is 96.4 cm³/mol. The summed E-state index contributed by atoms with van der Waals surface area (Å²) in [7, 11) is 1.33. The molecule has 0 aliphatic rings. The Morgan fingerprint density at radius 2 is 2.08 bits per heavy atom. The quantitative estimate of drug-likeness (QED) is 0.423. The van der Waals surface area contributed by atoms with E-state index in [1.165, 1.54) is 25.6 Å². The van der Waals surface area contributed by atoms with E-state index in [1.54, 1.807) is 6.20 Å². The molecule has 0 saturated heterocycles. The van der Waals surface area contributed by atoms with Gasteiger partial charge in [-0.05, 0) is 26.0 Å². The highest BCUT2D eigenvalue weighted by Gasteiger charge is 2.29. The predicted octanol–water partition coefficient (Wildman–Crippen LogP) is 2.99. The van der Waals surface area contributed by atoms with Crippen molar-refractivity contribution in [1.29, 1.82) is 0 Å². The number of rotatable bonds is 5. The van der Waals surface area contributed by atoms with Gasteiger partial charge in [0.05, 0.1) is 23.0 Å². The first-order valence-corrected chi connectivity index (χ1v) is 7.82. The number of carbonyl (C=O) groups is 1. The Labute approximate surface area is 148 Å². The number of nitro groups is 1. The Morgan fingerprint density at radius 1 is 1.35 bits per heavy atom. The van der Waals surface area contributed by atoms with Gasteiger partial charge in [-0.1, -0.05) is 0 Å². The van der Waals surface area contributed by atoms with Crippen molar-refractivity contribution in [2.45, 2.75) is 19.9 Å². The number of nitrogen functional groups attached to an aromatic ring is 1. The summed E-state index contributed by atoms with van der Waals surface area (Å²) in [6.07, 6.45) is 3.61. The van der Waals surface area contributed by atoms with Crippen LogP contribution in [0.1, 0.15) is 30.2 Å². The van der Waals surface area contributed by atoms with Gasteiger partial charge in [0, 0.05) is 23.4 Å². The Morgan fingerprint density at radius 3 is 2.65 bits per heavy atom. The molecule has 0 unspecified atom stereocenters. The number of anilines is 1. The van der Waals surface area contributed by atoms with Crippen molar-refractivity contribution >= 4 is 28.8 Å². The van der Waals surface area contributed by atoms with Crippen molar-refractivity contribution < 1.29 is 14.5 Å². The molecule has 0 aliphatic heterocycles. The topological polar surface area (TPSA) is 126 Å². The highest BCUT2D eigenvalue weighted by atomic mass is 16.6. The van der Waals surface area contributed by atoms with Gasteiger partial charge in [0.25, 0.3) is 0 Å². The number of nitro benzene ring substituents is 1. The van der Waals surface area contributed by atoms with Crippen LogP contribution in [0.25, 0.3) is 22.2 Å². The summed E-state index contributed by atoms with van der Waals surface area (Å²) in [6, 6.07) is 2.89. The third kappa shape index (κ3) is 2.53. The molecule has 0 saturated carbocycles. The number of aldehydes is 1. The van der Waals surface area contributed by atoms with Crippen molar-refractivity contribution in [3.05, 3.63) is 40.3 Å². The number of nitrogens with zero attached hydrogens (tertiary/aromatic N) is 4. The molecule has 0 atom stereocenters. The van der Waals surface area contributed by atoms with Crippen molar-refractivity contribution in [2.24, 2.45) is 0 Å². The lowest BCUT2D eigenvalue weighted by Gasteiger charge is -2.09. The van der Waals surface area contributed by atoms with Crippen LogP contribution < -0.4 is 10.5 Å². The fourth-order valence-corrected chi connectivity index (χ4v) is 3.01. The molecule has 0 bridgehead atoms. The van der Waals surface area contributed by atoms with Crippen LogP contribution >= 0.6 is 0 Å². The number of fused-ring (bicyclic) bond motifs is 1. The highest BCUT2D eigenvalue weighted by molar-refractivity contribution is 6.06. The van der Waals surface area contributed by atoms with Crippen molar-refractivity contribution in [1.82, 2.24) is 14.5 Å².